The Morgan fingerprint density at radius 2 is 1.88 bits per heavy atom. The van der Waals surface area contributed by atoms with Crippen LogP contribution in [0.25, 0.3) is 16.9 Å². The fourth-order valence-electron chi connectivity index (χ4n) is 2.48. The average molecular weight is 363 g/mol. The van der Waals surface area contributed by atoms with Crippen molar-refractivity contribution in [1.82, 2.24) is 4.57 Å². The Bertz CT molecular complexity index is 1080. The summed E-state index contributed by atoms with van der Waals surface area (Å²) in [5.74, 6) is -0.829. The maximum absolute atomic E-state index is 14.2. The van der Waals surface area contributed by atoms with Gasteiger partial charge in [-0.05, 0) is 36.8 Å². The van der Waals surface area contributed by atoms with Crippen LogP contribution < -0.4 is 4.87 Å². The lowest BCUT2D eigenvalue weighted by atomic mass is 10.1. The summed E-state index contributed by atoms with van der Waals surface area (Å²) in [6, 6.07) is 11.3. The number of rotatable bonds is 3. The van der Waals surface area contributed by atoms with Crippen molar-refractivity contribution in [3.05, 3.63) is 68.9 Å². The van der Waals surface area contributed by atoms with Crippen LogP contribution in [-0.4, -0.2) is 19.2 Å². The van der Waals surface area contributed by atoms with Gasteiger partial charge in [-0.25, -0.2) is 12.8 Å². The van der Waals surface area contributed by atoms with Crippen LogP contribution in [-0.2, 0) is 9.84 Å². The summed E-state index contributed by atoms with van der Waals surface area (Å²) in [4.78, 5) is 11.7. The van der Waals surface area contributed by atoms with Crippen LogP contribution in [0.2, 0.25) is 0 Å². The van der Waals surface area contributed by atoms with E-state index in [0.29, 0.717) is 16.9 Å². The van der Waals surface area contributed by atoms with Crippen molar-refractivity contribution in [2.45, 2.75) is 11.8 Å². The van der Waals surface area contributed by atoms with Gasteiger partial charge in [-0.2, -0.15) is 0 Å². The molecule has 0 spiro atoms. The molecule has 3 aromatic rings. The van der Waals surface area contributed by atoms with Gasteiger partial charge in [-0.15, -0.1) is 0 Å². The summed E-state index contributed by atoms with van der Waals surface area (Å²) in [7, 11) is -3.64. The first-order valence-corrected chi connectivity index (χ1v) is 9.82. The van der Waals surface area contributed by atoms with Crippen molar-refractivity contribution < 1.29 is 12.8 Å². The van der Waals surface area contributed by atoms with Crippen LogP contribution in [0, 0.1) is 12.7 Å². The van der Waals surface area contributed by atoms with Crippen molar-refractivity contribution in [3.8, 4) is 16.9 Å². The molecule has 3 rings (SSSR count). The van der Waals surface area contributed by atoms with E-state index in [0.717, 1.165) is 29.2 Å². The summed E-state index contributed by atoms with van der Waals surface area (Å²) in [6.07, 6.45) is 0.957. The molecule has 0 aliphatic carbocycles. The molecule has 24 heavy (non-hydrogen) atoms. The minimum absolute atomic E-state index is 0.191. The summed E-state index contributed by atoms with van der Waals surface area (Å²) in [5, 5.41) is 1.64. The van der Waals surface area contributed by atoms with E-state index in [-0.39, 0.29) is 9.77 Å². The predicted molar refractivity (Wildman–Crippen MR) is 93.2 cm³/mol. The first kappa shape index (κ1) is 16.6. The molecule has 0 aliphatic rings. The molecule has 0 amide bonds. The summed E-state index contributed by atoms with van der Waals surface area (Å²) in [5.41, 5.74) is 2.65. The van der Waals surface area contributed by atoms with Gasteiger partial charge in [0.2, 0.25) is 0 Å². The van der Waals surface area contributed by atoms with Gasteiger partial charge in [0.05, 0.1) is 11.4 Å². The monoisotopic (exact) mass is 363 g/mol. The van der Waals surface area contributed by atoms with Crippen LogP contribution >= 0.6 is 11.3 Å². The maximum atomic E-state index is 14.2. The number of thiazole rings is 1. The van der Waals surface area contributed by atoms with E-state index in [1.807, 2.05) is 25.1 Å². The molecule has 0 saturated carbocycles. The molecule has 7 heteroatoms. The number of benzene rings is 2. The van der Waals surface area contributed by atoms with Crippen molar-refractivity contribution >= 4 is 21.2 Å². The zero-order valence-electron chi connectivity index (χ0n) is 13.0. The summed E-state index contributed by atoms with van der Waals surface area (Å²) in [6.45, 7) is 1.92. The molecule has 0 unspecified atom stereocenters. The smallest absolute Gasteiger partial charge is 0.267 e. The lowest BCUT2D eigenvalue weighted by Gasteiger charge is -2.10. The van der Waals surface area contributed by atoms with E-state index in [2.05, 4.69) is 0 Å². The van der Waals surface area contributed by atoms with Crippen LogP contribution in [0.3, 0.4) is 0 Å². The highest BCUT2D eigenvalue weighted by Crippen LogP contribution is 2.27. The van der Waals surface area contributed by atoms with E-state index in [1.54, 1.807) is 11.4 Å². The minimum Gasteiger partial charge on any atom is -0.267 e. The van der Waals surface area contributed by atoms with Gasteiger partial charge in [-0.1, -0.05) is 29.5 Å². The number of nitrogens with zero attached hydrogens (tertiary/aromatic N) is 1. The predicted octanol–water partition coefficient (Wildman–Crippen LogP) is 3.42. The summed E-state index contributed by atoms with van der Waals surface area (Å²) >= 11 is 1.01. The molecule has 1 heterocycles. The molecule has 0 bridgehead atoms. The van der Waals surface area contributed by atoms with Crippen LogP contribution in [0.4, 0.5) is 4.39 Å². The summed E-state index contributed by atoms with van der Waals surface area (Å²) < 4.78 is 38.7. The number of hydrogen-bond acceptors (Lipinski definition) is 4. The van der Waals surface area contributed by atoms with Crippen molar-refractivity contribution in [3.63, 3.8) is 0 Å². The molecule has 0 saturated heterocycles. The fourth-order valence-corrected chi connectivity index (χ4v) is 3.97. The quantitative estimate of drug-likeness (QED) is 0.716. The SMILES string of the molecule is Cc1cccc(-n2c(-c3ccc(S(C)(=O)=O)c(F)c3)csc2=O)c1. The highest BCUT2D eigenvalue weighted by molar-refractivity contribution is 7.90. The first-order valence-electron chi connectivity index (χ1n) is 7.05. The normalized spacial score (nSPS) is 11.6. The maximum Gasteiger partial charge on any atom is 0.312 e. The van der Waals surface area contributed by atoms with Crippen LogP contribution in [0.1, 0.15) is 5.56 Å². The van der Waals surface area contributed by atoms with Gasteiger partial charge < -0.3 is 0 Å². The Morgan fingerprint density at radius 3 is 2.50 bits per heavy atom. The highest BCUT2D eigenvalue weighted by atomic mass is 32.2. The van der Waals surface area contributed by atoms with E-state index in [9.17, 15) is 17.6 Å². The number of aromatic nitrogens is 1. The number of halogens is 1. The molecule has 0 atom stereocenters. The number of aryl methyl sites for hydroxylation is 1. The molecule has 0 N–H and O–H groups in total. The van der Waals surface area contributed by atoms with Gasteiger partial charge >= 0.3 is 4.87 Å². The standard InChI is InChI=1S/C17H14FNO3S2/c1-11-4-3-5-13(8-11)19-15(10-23-17(19)20)12-6-7-16(14(18)9-12)24(2,21)22/h3-10H,1-2H3. The van der Waals surface area contributed by atoms with Crippen LogP contribution in [0.5, 0.6) is 0 Å². The molecule has 124 valence electrons. The second-order valence-electron chi connectivity index (χ2n) is 5.48. The molecular weight excluding hydrogens is 349 g/mol. The Balaban J connectivity index is 2.19. The third-order valence-electron chi connectivity index (χ3n) is 3.58. The van der Waals surface area contributed by atoms with Crippen molar-refractivity contribution in [2.24, 2.45) is 0 Å². The van der Waals surface area contributed by atoms with Gasteiger partial charge in [0.1, 0.15) is 10.7 Å². The Hall–Kier alpha value is -2.25. The van der Waals surface area contributed by atoms with E-state index >= 15 is 0 Å². The average Bonchev–Trinajstić information content (AvgIpc) is 2.87. The molecule has 2 aromatic carbocycles. The zero-order chi connectivity index (χ0) is 17.5. The number of hydrogen-bond donors (Lipinski definition) is 0. The van der Waals surface area contributed by atoms with E-state index in [1.165, 1.54) is 16.7 Å². The minimum atomic E-state index is -3.64. The first-order chi connectivity index (χ1) is 11.3. The van der Waals surface area contributed by atoms with Crippen molar-refractivity contribution in [2.75, 3.05) is 6.26 Å². The van der Waals surface area contributed by atoms with Crippen molar-refractivity contribution in [1.29, 1.82) is 0 Å². The largest absolute Gasteiger partial charge is 0.312 e. The lowest BCUT2D eigenvalue weighted by Crippen LogP contribution is -2.12. The van der Waals surface area contributed by atoms with Gasteiger partial charge in [0.15, 0.2) is 9.84 Å². The van der Waals surface area contributed by atoms with Gasteiger partial charge in [-0.3, -0.25) is 9.36 Å². The second-order valence-corrected chi connectivity index (χ2v) is 8.28. The second kappa shape index (κ2) is 5.99. The fraction of sp³-hybridized carbons (Fsp3) is 0.118. The molecule has 0 radical (unpaired) electrons. The molecular formula is C17H14FNO3S2. The topological polar surface area (TPSA) is 56.1 Å². The van der Waals surface area contributed by atoms with Crippen LogP contribution in [0.15, 0.2) is 57.5 Å². The number of sulfone groups is 1. The Kier molecular flexibility index (Phi) is 4.15. The zero-order valence-corrected chi connectivity index (χ0v) is 14.6. The van der Waals surface area contributed by atoms with E-state index in [4.69, 9.17) is 0 Å². The van der Waals surface area contributed by atoms with Gasteiger partial charge in [0, 0.05) is 17.2 Å². The highest BCUT2D eigenvalue weighted by Gasteiger charge is 2.17. The van der Waals surface area contributed by atoms with E-state index < -0.39 is 15.7 Å². The Labute approximate surface area is 142 Å². The third kappa shape index (κ3) is 3.05. The molecule has 0 fully saturated rings. The molecule has 4 nitrogen and oxygen atoms in total. The Morgan fingerprint density at radius 1 is 1.12 bits per heavy atom. The lowest BCUT2D eigenvalue weighted by molar-refractivity contribution is 0.571. The molecule has 1 aromatic heterocycles. The molecule has 0 aliphatic heterocycles. The third-order valence-corrected chi connectivity index (χ3v) is 5.44. The van der Waals surface area contributed by atoms with Gasteiger partial charge in [0.25, 0.3) is 0 Å².